The lowest BCUT2D eigenvalue weighted by atomic mass is 9.99. The van der Waals surface area contributed by atoms with Crippen molar-refractivity contribution < 1.29 is 27.4 Å². The van der Waals surface area contributed by atoms with Crippen LogP contribution in [0.25, 0.3) is 0 Å². The standard InChI is InChI=1S/C16H22F3NO3/c1-5-9-15(3,22-4)14(21)20-11-7-8-13(23-6-2)12(10-11)16(17,18)19/h7-8,10H,5-6,9H2,1-4H3,(H,20,21)/t15-/m0/s1. The van der Waals surface area contributed by atoms with Gasteiger partial charge in [-0.15, -0.1) is 0 Å². The van der Waals surface area contributed by atoms with Crippen LogP contribution in [0, 0.1) is 0 Å². The minimum atomic E-state index is -4.57. The maximum Gasteiger partial charge on any atom is 0.420 e. The number of halogens is 3. The largest absolute Gasteiger partial charge is 0.493 e. The van der Waals surface area contributed by atoms with Crippen molar-refractivity contribution in [2.45, 2.75) is 45.4 Å². The van der Waals surface area contributed by atoms with E-state index in [1.165, 1.54) is 19.2 Å². The summed E-state index contributed by atoms with van der Waals surface area (Å²) in [5.74, 6) is -0.750. The fourth-order valence-electron chi connectivity index (χ4n) is 2.16. The van der Waals surface area contributed by atoms with Crippen molar-refractivity contribution in [2.75, 3.05) is 19.0 Å². The van der Waals surface area contributed by atoms with E-state index in [-0.39, 0.29) is 18.0 Å². The second-order valence-corrected chi connectivity index (χ2v) is 5.28. The van der Waals surface area contributed by atoms with E-state index in [1.807, 2.05) is 6.92 Å². The van der Waals surface area contributed by atoms with E-state index >= 15 is 0 Å². The molecule has 7 heteroatoms. The molecule has 0 saturated heterocycles. The molecule has 0 aliphatic rings. The van der Waals surface area contributed by atoms with Crippen LogP contribution in [0.5, 0.6) is 5.75 Å². The van der Waals surface area contributed by atoms with Crippen molar-refractivity contribution in [3.8, 4) is 5.75 Å². The summed E-state index contributed by atoms with van der Waals surface area (Å²) in [5, 5.41) is 2.48. The normalized spacial score (nSPS) is 14.2. The summed E-state index contributed by atoms with van der Waals surface area (Å²) < 4.78 is 49.5. The van der Waals surface area contributed by atoms with E-state index < -0.39 is 23.2 Å². The van der Waals surface area contributed by atoms with Gasteiger partial charge in [0, 0.05) is 12.8 Å². The molecule has 0 saturated carbocycles. The van der Waals surface area contributed by atoms with Gasteiger partial charge in [0.2, 0.25) is 0 Å². The molecule has 0 aliphatic heterocycles. The van der Waals surface area contributed by atoms with Crippen molar-refractivity contribution in [2.24, 2.45) is 0 Å². The quantitative estimate of drug-likeness (QED) is 0.811. The maximum atomic E-state index is 13.1. The van der Waals surface area contributed by atoms with Gasteiger partial charge in [0.25, 0.3) is 5.91 Å². The first kappa shape index (κ1) is 19.3. The number of anilines is 1. The number of ether oxygens (including phenoxy) is 2. The number of methoxy groups -OCH3 is 1. The Morgan fingerprint density at radius 2 is 1.91 bits per heavy atom. The highest BCUT2D eigenvalue weighted by Gasteiger charge is 2.36. The zero-order chi connectivity index (χ0) is 17.7. The fraction of sp³-hybridized carbons (Fsp3) is 0.562. The fourth-order valence-corrected chi connectivity index (χ4v) is 2.16. The minimum Gasteiger partial charge on any atom is -0.493 e. The van der Waals surface area contributed by atoms with E-state index in [9.17, 15) is 18.0 Å². The maximum absolute atomic E-state index is 13.1. The highest BCUT2D eigenvalue weighted by atomic mass is 19.4. The van der Waals surface area contributed by atoms with Gasteiger partial charge >= 0.3 is 6.18 Å². The molecule has 1 atom stereocenters. The smallest absolute Gasteiger partial charge is 0.420 e. The molecule has 4 nitrogen and oxygen atoms in total. The predicted molar refractivity (Wildman–Crippen MR) is 81.6 cm³/mol. The van der Waals surface area contributed by atoms with Gasteiger partial charge in [-0.1, -0.05) is 13.3 Å². The third-order valence-corrected chi connectivity index (χ3v) is 3.50. The van der Waals surface area contributed by atoms with E-state index in [2.05, 4.69) is 5.32 Å². The lowest BCUT2D eigenvalue weighted by Crippen LogP contribution is -2.41. The highest BCUT2D eigenvalue weighted by Crippen LogP contribution is 2.38. The van der Waals surface area contributed by atoms with Crippen LogP contribution in [0.1, 0.15) is 39.2 Å². The summed E-state index contributed by atoms with van der Waals surface area (Å²) in [6, 6.07) is 3.44. The van der Waals surface area contributed by atoms with Gasteiger partial charge < -0.3 is 14.8 Å². The number of hydrogen-bond donors (Lipinski definition) is 1. The van der Waals surface area contributed by atoms with Gasteiger partial charge in [0.15, 0.2) is 0 Å². The first-order valence-corrected chi connectivity index (χ1v) is 7.38. The van der Waals surface area contributed by atoms with Crippen LogP contribution in [-0.4, -0.2) is 25.2 Å². The Kier molecular flexibility index (Phi) is 6.44. The molecule has 0 unspecified atom stereocenters. The lowest BCUT2D eigenvalue weighted by Gasteiger charge is -2.26. The molecule has 0 radical (unpaired) electrons. The molecule has 0 bridgehead atoms. The van der Waals surface area contributed by atoms with Crippen molar-refractivity contribution in [1.82, 2.24) is 0 Å². The van der Waals surface area contributed by atoms with Crippen molar-refractivity contribution >= 4 is 11.6 Å². The predicted octanol–water partition coefficient (Wildman–Crippen LogP) is 4.25. The zero-order valence-corrected chi connectivity index (χ0v) is 13.7. The monoisotopic (exact) mass is 333 g/mol. The van der Waals surface area contributed by atoms with Gasteiger partial charge in [-0.3, -0.25) is 4.79 Å². The molecule has 0 aliphatic carbocycles. The number of rotatable bonds is 7. The SMILES string of the molecule is CCC[C@](C)(OC)C(=O)Nc1ccc(OCC)c(C(F)(F)F)c1. The average Bonchev–Trinajstić information content (AvgIpc) is 2.48. The first-order chi connectivity index (χ1) is 10.7. The zero-order valence-electron chi connectivity index (χ0n) is 13.7. The van der Waals surface area contributed by atoms with E-state index in [0.29, 0.717) is 12.8 Å². The molecule has 1 rings (SSSR count). The summed E-state index contributed by atoms with van der Waals surface area (Å²) in [7, 11) is 1.40. The highest BCUT2D eigenvalue weighted by molar-refractivity contribution is 5.97. The number of hydrogen-bond acceptors (Lipinski definition) is 3. The van der Waals surface area contributed by atoms with Crippen LogP contribution in [0.4, 0.5) is 18.9 Å². The minimum absolute atomic E-state index is 0.0464. The number of alkyl halides is 3. The van der Waals surface area contributed by atoms with Crippen LogP contribution < -0.4 is 10.1 Å². The Morgan fingerprint density at radius 3 is 2.39 bits per heavy atom. The van der Waals surface area contributed by atoms with Gasteiger partial charge in [-0.25, -0.2) is 0 Å². The molecule has 1 aromatic carbocycles. The number of amides is 1. The van der Waals surface area contributed by atoms with E-state index in [1.54, 1.807) is 13.8 Å². The molecule has 0 spiro atoms. The summed E-state index contributed by atoms with van der Waals surface area (Å²) in [4.78, 5) is 12.3. The number of carbonyl (C=O) groups is 1. The molecular weight excluding hydrogens is 311 g/mol. The number of nitrogens with one attached hydrogen (secondary N) is 1. The van der Waals surface area contributed by atoms with Crippen molar-refractivity contribution in [1.29, 1.82) is 0 Å². The Morgan fingerprint density at radius 1 is 1.26 bits per heavy atom. The second-order valence-electron chi connectivity index (χ2n) is 5.28. The molecule has 0 heterocycles. The molecule has 0 fully saturated rings. The van der Waals surface area contributed by atoms with Crippen LogP contribution in [0.2, 0.25) is 0 Å². The summed E-state index contributed by atoms with van der Waals surface area (Å²) >= 11 is 0. The molecule has 130 valence electrons. The van der Waals surface area contributed by atoms with Crippen molar-refractivity contribution in [3.05, 3.63) is 23.8 Å². The summed E-state index contributed by atoms with van der Waals surface area (Å²) in [6.07, 6.45) is -3.41. The number of carbonyl (C=O) groups excluding carboxylic acids is 1. The van der Waals surface area contributed by atoms with E-state index in [4.69, 9.17) is 9.47 Å². The first-order valence-electron chi connectivity index (χ1n) is 7.38. The van der Waals surface area contributed by atoms with E-state index in [0.717, 1.165) is 6.07 Å². The van der Waals surface area contributed by atoms with Gasteiger partial charge in [-0.2, -0.15) is 13.2 Å². The molecule has 0 aromatic heterocycles. The van der Waals surface area contributed by atoms with Crippen molar-refractivity contribution in [3.63, 3.8) is 0 Å². The Bertz CT molecular complexity index is 546. The van der Waals surface area contributed by atoms with Gasteiger partial charge in [0.1, 0.15) is 11.4 Å². The molecule has 1 N–H and O–H groups in total. The third-order valence-electron chi connectivity index (χ3n) is 3.50. The van der Waals surface area contributed by atoms with Crippen LogP contribution in [-0.2, 0) is 15.7 Å². The summed E-state index contributed by atoms with van der Waals surface area (Å²) in [6.45, 7) is 5.21. The molecule has 1 aromatic rings. The third kappa shape index (κ3) is 4.86. The summed E-state index contributed by atoms with van der Waals surface area (Å²) in [5.41, 5.74) is -1.97. The molecular formula is C16H22F3NO3. The Labute approximate surface area is 134 Å². The lowest BCUT2D eigenvalue weighted by molar-refractivity contribution is -0.139. The Hall–Kier alpha value is -1.76. The van der Waals surface area contributed by atoms with Crippen LogP contribution in [0.3, 0.4) is 0 Å². The van der Waals surface area contributed by atoms with Gasteiger partial charge in [-0.05, 0) is 38.5 Å². The van der Waals surface area contributed by atoms with Crippen LogP contribution in [0.15, 0.2) is 18.2 Å². The molecule has 23 heavy (non-hydrogen) atoms. The number of benzene rings is 1. The second kappa shape index (κ2) is 7.68. The topological polar surface area (TPSA) is 47.6 Å². The van der Waals surface area contributed by atoms with Crippen LogP contribution >= 0.6 is 0 Å². The average molecular weight is 333 g/mol. The molecule has 1 amide bonds. The Balaban J connectivity index is 3.08. The van der Waals surface area contributed by atoms with Gasteiger partial charge in [0.05, 0.1) is 12.2 Å².